The van der Waals surface area contributed by atoms with Gasteiger partial charge in [0.25, 0.3) is 0 Å². The second kappa shape index (κ2) is 5.31. The van der Waals surface area contributed by atoms with E-state index in [-0.39, 0.29) is 0 Å². The van der Waals surface area contributed by atoms with Gasteiger partial charge in [-0.25, -0.2) is 0 Å². The summed E-state index contributed by atoms with van der Waals surface area (Å²) in [5.74, 6) is 0. The van der Waals surface area contributed by atoms with E-state index in [0.717, 1.165) is 17.5 Å². The Balaban J connectivity index is 3.01. The second-order valence-electron chi connectivity index (χ2n) is 2.49. The Labute approximate surface area is 86.5 Å². The van der Waals surface area contributed by atoms with Gasteiger partial charge in [-0.2, -0.15) is 0 Å². The third kappa shape index (κ3) is 2.51. The molecular weight excluding hydrogens is 198 g/mol. The zero-order valence-corrected chi connectivity index (χ0v) is 8.25. The molecule has 74 valence electrons. The van der Waals surface area contributed by atoms with E-state index >= 15 is 0 Å². The normalized spacial score (nSPS) is 11.8. The van der Waals surface area contributed by atoms with Crippen LogP contribution in [-0.4, -0.2) is 6.41 Å². The summed E-state index contributed by atoms with van der Waals surface area (Å²) in [6.45, 7) is 0. The van der Waals surface area contributed by atoms with Crippen molar-refractivity contribution in [3.8, 4) is 0 Å². The molecule has 1 amide bonds. The fraction of sp³-hybridized carbons (Fsp3) is 0. The van der Waals surface area contributed by atoms with E-state index in [0.29, 0.717) is 17.1 Å². The van der Waals surface area contributed by atoms with Gasteiger partial charge in [0, 0.05) is 5.56 Å². The zero-order chi connectivity index (χ0) is 10.4. The van der Waals surface area contributed by atoms with Gasteiger partial charge in [0.2, 0.25) is 6.41 Å². The van der Waals surface area contributed by atoms with Crippen LogP contribution in [0.4, 0.5) is 0 Å². The lowest BCUT2D eigenvalue weighted by molar-refractivity contribution is -0.108. The van der Waals surface area contributed by atoms with Gasteiger partial charge in [-0.15, -0.1) is 0 Å². The Morgan fingerprint density at radius 1 is 1.36 bits per heavy atom. The molecular formula is C9H11N3OS. The highest BCUT2D eigenvalue weighted by Gasteiger charge is 2.03. The summed E-state index contributed by atoms with van der Waals surface area (Å²) in [5, 5.41) is 8.25. The molecule has 1 aromatic carbocycles. The summed E-state index contributed by atoms with van der Waals surface area (Å²) in [5.41, 5.74) is 7.08. The quantitative estimate of drug-likeness (QED) is 0.501. The third-order valence-electron chi connectivity index (χ3n) is 1.64. The van der Waals surface area contributed by atoms with Crippen LogP contribution in [0.15, 0.2) is 35.4 Å². The summed E-state index contributed by atoms with van der Waals surface area (Å²) in [6, 6.07) is 9.30. The van der Waals surface area contributed by atoms with Crippen LogP contribution in [-0.2, 0) is 4.79 Å². The van der Waals surface area contributed by atoms with E-state index in [1.807, 2.05) is 30.3 Å². The van der Waals surface area contributed by atoms with Crippen molar-refractivity contribution in [2.45, 2.75) is 0 Å². The summed E-state index contributed by atoms with van der Waals surface area (Å²) >= 11 is 0.910. The molecule has 0 aliphatic heterocycles. The maximum atomic E-state index is 10.2. The van der Waals surface area contributed by atoms with Crippen molar-refractivity contribution >= 4 is 24.1 Å². The number of carbonyl (C=O) groups excluding carboxylic acids is 1. The number of benzene rings is 1. The van der Waals surface area contributed by atoms with Gasteiger partial charge in [-0.05, 0) is 11.9 Å². The summed E-state index contributed by atoms with van der Waals surface area (Å²) in [4.78, 5) is 10.2. The predicted molar refractivity (Wildman–Crippen MR) is 58.5 cm³/mol. The van der Waals surface area contributed by atoms with Crippen LogP contribution in [0.3, 0.4) is 0 Å². The fourth-order valence-electron chi connectivity index (χ4n) is 0.978. The molecule has 14 heavy (non-hydrogen) atoms. The zero-order valence-electron chi connectivity index (χ0n) is 7.44. The van der Waals surface area contributed by atoms with Gasteiger partial charge in [-0.1, -0.05) is 30.3 Å². The van der Waals surface area contributed by atoms with Crippen molar-refractivity contribution < 1.29 is 4.79 Å². The number of nitrogens with two attached hydrogens (primary N) is 2. The van der Waals surface area contributed by atoms with Gasteiger partial charge in [-0.3, -0.25) is 9.93 Å². The molecule has 5 N–H and O–H groups in total. The lowest BCUT2D eigenvalue weighted by Gasteiger charge is -2.07. The van der Waals surface area contributed by atoms with Gasteiger partial charge in [0.05, 0.1) is 5.70 Å². The minimum absolute atomic E-state index is 0.450. The molecule has 0 aliphatic carbocycles. The summed E-state index contributed by atoms with van der Waals surface area (Å²) < 4.78 is 0. The molecule has 0 saturated carbocycles. The first-order valence-corrected chi connectivity index (χ1v) is 4.79. The van der Waals surface area contributed by atoms with Crippen LogP contribution in [0, 0.1) is 0 Å². The first-order chi connectivity index (χ1) is 6.79. The van der Waals surface area contributed by atoms with Crippen molar-refractivity contribution in [1.82, 2.24) is 5.32 Å². The Hall–Kier alpha value is -1.46. The Morgan fingerprint density at radius 2 is 2.00 bits per heavy atom. The van der Waals surface area contributed by atoms with Crippen molar-refractivity contribution in [2.24, 2.45) is 10.9 Å². The van der Waals surface area contributed by atoms with Crippen LogP contribution in [0.2, 0.25) is 0 Å². The second-order valence-corrected chi connectivity index (χ2v) is 3.13. The Bertz CT molecular complexity index is 337. The van der Waals surface area contributed by atoms with Crippen LogP contribution in [0.25, 0.3) is 5.70 Å². The average molecular weight is 209 g/mol. The fourth-order valence-corrected chi connectivity index (χ4v) is 1.34. The summed E-state index contributed by atoms with van der Waals surface area (Å²) in [7, 11) is 0. The standard InChI is InChI=1S/C9H11N3OS/c10-8(9(14-11)12-6-13)7-4-2-1-3-5-7/h1-6H,10-11H2,(H,12,13)/b9-8-. The van der Waals surface area contributed by atoms with Crippen LogP contribution >= 0.6 is 11.9 Å². The Kier molecular flexibility index (Phi) is 4.03. The van der Waals surface area contributed by atoms with Crippen molar-refractivity contribution in [3.63, 3.8) is 0 Å². The number of amides is 1. The minimum atomic E-state index is 0.450. The van der Waals surface area contributed by atoms with Gasteiger partial charge >= 0.3 is 0 Å². The number of nitrogens with one attached hydrogen (secondary N) is 1. The molecule has 0 fully saturated rings. The molecule has 0 aromatic heterocycles. The van der Waals surface area contributed by atoms with E-state index in [1.165, 1.54) is 0 Å². The average Bonchev–Trinajstić information content (AvgIpc) is 2.26. The lowest BCUT2D eigenvalue weighted by atomic mass is 10.2. The van der Waals surface area contributed by atoms with E-state index in [9.17, 15) is 4.79 Å². The van der Waals surface area contributed by atoms with Crippen molar-refractivity contribution in [2.75, 3.05) is 0 Å². The lowest BCUT2D eigenvalue weighted by Crippen LogP contribution is -2.15. The van der Waals surface area contributed by atoms with Crippen LogP contribution in [0.5, 0.6) is 0 Å². The minimum Gasteiger partial charge on any atom is -0.396 e. The molecule has 0 radical (unpaired) electrons. The first-order valence-electron chi connectivity index (χ1n) is 3.91. The molecule has 0 spiro atoms. The highest BCUT2D eigenvalue weighted by molar-refractivity contribution is 8.01. The van der Waals surface area contributed by atoms with Crippen LogP contribution < -0.4 is 16.2 Å². The van der Waals surface area contributed by atoms with Gasteiger partial charge < -0.3 is 11.1 Å². The molecule has 0 saturated heterocycles. The number of hydrogen-bond acceptors (Lipinski definition) is 4. The number of rotatable bonds is 4. The molecule has 5 heteroatoms. The highest BCUT2D eigenvalue weighted by Crippen LogP contribution is 2.16. The third-order valence-corrected chi connectivity index (χ3v) is 2.21. The van der Waals surface area contributed by atoms with E-state index in [2.05, 4.69) is 5.32 Å². The monoisotopic (exact) mass is 209 g/mol. The summed E-state index contributed by atoms with van der Waals surface area (Å²) in [6.07, 6.45) is 0.547. The number of carbonyl (C=O) groups is 1. The van der Waals surface area contributed by atoms with Gasteiger partial charge in [0.1, 0.15) is 5.03 Å². The first kappa shape index (κ1) is 10.6. The molecule has 1 rings (SSSR count). The smallest absolute Gasteiger partial charge is 0.211 e. The predicted octanol–water partition coefficient (Wildman–Crippen LogP) is 0.624. The molecule has 0 atom stereocenters. The van der Waals surface area contributed by atoms with Crippen molar-refractivity contribution in [1.29, 1.82) is 0 Å². The molecule has 1 aromatic rings. The van der Waals surface area contributed by atoms with Crippen LogP contribution in [0.1, 0.15) is 5.56 Å². The largest absolute Gasteiger partial charge is 0.396 e. The van der Waals surface area contributed by atoms with Crippen molar-refractivity contribution in [3.05, 3.63) is 40.9 Å². The van der Waals surface area contributed by atoms with Gasteiger partial charge in [0.15, 0.2) is 0 Å². The highest BCUT2D eigenvalue weighted by atomic mass is 32.2. The maximum absolute atomic E-state index is 10.2. The molecule has 0 bridgehead atoms. The van der Waals surface area contributed by atoms with E-state index < -0.39 is 0 Å². The maximum Gasteiger partial charge on any atom is 0.211 e. The SMILES string of the molecule is NS/C(NC=O)=C(\N)c1ccccc1. The molecule has 0 heterocycles. The molecule has 0 unspecified atom stereocenters. The molecule has 0 aliphatic rings. The van der Waals surface area contributed by atoms with E-state index in [1.54, 1.807) is 0 Å². The Morgan fingerprint density at radius 3 is 2.50 bits per heavy atom. The van der Waals surface area contributed by atoms with E-state index in [4.69, 9.17) is 10.9 Å². The topological polar surface area (TPSA) is 81.1 Å². The molecule has 4 nitrogen and oxygen atoms in total. The number of hydrogen-bond donors (Lipinski definition) is 3.